The normalized spacial score (nSPS) is 16.7. The number of fused-ring (bicyclic) bond motifs is 1. The minimum Gasteiger partial charge on any atom is -0.480 e. The van der Waals surface area contributed by atoms with Crippen LogP contribution in [0.4, 0.5) is 11.4 Å². The number of amides is 1. The van der Waals surface area contributed by atoms with Crippen molar-refractivity contribution in [3.05, 3.63) is 60.2 Å². The fourth-order valence-corrected chi connectivity index (χ4v) is 3.67. The molecule has 1 aliphatic rings. The van der Waals surface area contributed by atoms with Crippen molar-refractivity contribution in [2.45, 2.75) is 24.9 Å². The summed E-state index contributed by atoms with van der Waals surface area (Å²) < 4.78 is 0. The summed E-state index contributed by atoms with van der Waals surface area (Å²) in [5, 5.41) is 22.0. The largest absolute Gasteiger partial charge is 0.480 e. The van der Waals surface area contributed by atoms with E-state index in [1.807, 2.05) is 47.4 Å². The first-order valence-corrected chi connectivity index (χ1v) is 9.73. The Morgan fingerprint density at radius 3 is 2.29 bits per heavy atom. The van der Waals surface area contributed by atoms with Crippen molar-refractivity contribution in [2.75, 3.05) is 29.9 Å². The molecule has 8 nitrogen and oxygen atoms in total. The summed E-state index contributed by atoms with van der Waals surface area (Å²) in [4.78, 5) is 39.5. The van der Waals surface area contributed by atoms with Crippen LogP contribution in [0.3, 0.4) is 0 Å². The van der Waals surface area contributed by atoms with Crippen molar-refractivity contribution < 1.29 is 24.6 Å². The van der Waals surface area contributed by atoms with E-state index in [-0.39, 0.29) is 19.0 Å². The molecular formula is C22H26ClN3O5. The standard InChI is InChI=1S/C22H25N3O5.ClH/c1-24-13-17(23-16(22(29)30)12-11-15-7-3-2-4-8-15)21(28)25(14-20(26)27)19-10-6-5-9-18(19)24;/h2-10,16-17,23H,11-14H2,1H3,(H,26,27)(H,29,30);1H. The quantitative estimate of drug-likeness (QED) is 0.567. The number of hydrogen-bond acceptors (Lipinski definition) is 5. The number of carboxylic acid groups (broad SMARTS) is 2. The zero-order chi connectivity index (χ0) is 21.7. The lowest BCUT2D eigenvalue weighted by Gasteiger charge is -2.26. The molecule has 31 heavy (non-hydrogen) atoms. The number of para-hydroxylation sites is 2. The van der Waals surface area contributed by atoms with Gasteiger partial charge in [-0.2, -0.15) is 0 Å². The molecule has 1 heterocycles. The Morgan fingerprint density at radius 2 is 1.68 bits per heavy atom. The van der Waals surface area contributed by atoms with E-state index >= 15 is 0 Å². The topological polar surface area (TPSA) is 110 Å². The Bertz CT molecular complexity index is 924. The zero-order valence-corrected chi connectivity index (χ0v) is 17.9. The molecule has 0 spiro atoms. The summed E-state index contributed by atoms with van der Waals surface area (Å²) in [5.41, 5.74) is 2.22. The van der Waals surface area contributed by atoms with Crippen LogP contribution in [0.1, 0.15) is 12.0 Å². The van der Waals surface area contributed by atoms with Crippen LogP contribution < -0.4 is 15.1 Å². The maximum Gasteiger partial charge on any atom is 0.323 e. The number of nitrogens with zero attached hydrogens (tertiary/aromatic N) is 2. The van der Waals surface area contributed by atoms with Gasteiger partial charge in [-0.05, 0) is 30.5 Å². The number of aryl methyl sites for hydroxylation is 1. The average Bonchev–Trinajstić information content (AvgIpc) is 2.82. The number of benzene rings is 2. The molecule has 1 aliphatic heterocycles. The van der Waals surface area contributed by atoms with Crippen LogP contribution in [0.5, 0.6) is 0 Å². The highest BCUT2D eigenvalue weighted by molar-refractivity contribution is 6.04. The van der Waals surface area contributed by atoms with Crippen molar-refractivity contribution in [3.8, 4) is 0 Å². The van der Waals surface area contributed by atoms with Crippen LogP contribution in [-0.4, -0.2) is 60.3 Å². The third-order valence-electron chi connectivity index (χ3n) is 5.16. The monoisotopic (exact) mass is 447 g/mol. The predicted octanol–water partition coefficient (Wildman–Crippen LogP) is 2.02. The number of rotatable bonds is 8. The van der Waals surface area contributed by atoms with Gasteiger partial charge in [0.1, 0.15) is 18.6 Å². The highest BCUT2D eigenvalue weighted by Crippen LogP contribution is 2.31. The highest BCUT2D eigenvalue weighted by Gasteiger charge is 2.35. The molecule has 0 aromatic heterocycles. The lowest BCUT2D eigenvalue weighted by Crippen LogP contribution is -2.55. The molecule has 2 aromatic carbocycles. The molecule has 2 unspecified atom stereocenters. The minimum absolute atomic E-state index is 0. The predicted molar refractivity (Wildman–Crippen MR) is 120 cm³/mol. The lowest BCUT2D eigenvalue weighted by molar-refractivity contribution is -0.140. The van der Waals surface area contributed by atoms with Crippen molar-refractivity contribution in [3.63, 3.8) is 0 Å². The molecule has 0 bridgehead atoms. The number of anilines is 2. The molecule has 0 aliphatic carbocycles. The van der Waals surface area contributed by atoms with E-state index in [0.29, 0.717) is 24.2 Å². The lowest BCUT2D eigenvalue weighted by atomic mass is 10.0. The molecule has 166 valence electrons. The third-order valence-corrected chi connectivity index (χ3v) is 5.16. The van der Waals surface area contributed by atoms with Crippen LogP contribution in [-0.2, 0) is 20.8 Å². The summed E-state index contributed by atoms with van der Waals surface area (Å²) in [7, 11) is 1.80. The van der Waals surface area contributed by atoms with E-state index in [2.05, 4.69) is 5.32 Å². The van der Waals surface area contributed by atoms with Crippen LogP contribution in [0.15, 0.2) is 54.6 Å². The van der Waals surface area contributed by atoms with Gasteiger partial charge in [0, 0.05) is 13.6 Å². The molecular weight excluding hydrogens is 422 g/mol. The van der Waals surface area contributed by atoms with Crippen LogP contribution in [0.25, 0.3) is 0 Å². The first-order valence-electron chi connectivity index (χ1n) is 9.73. The van der Waals surface area contributed by atoms with E-state index in [0.717, 1.165) is 5.56 Å². The molecule has 3 rings (SSSR count). The van der Waals surface area contributed by atoms with Gasteiger partial charge in [0.2, 0.25) is 5.91 Å². The van der Waals surface area contributed by atoms with E-state index in [9.17, 15) is 24.6 Å². The van der Waals surface area contributed by atoms with Gasteiger partial charge in [-0.15, -0.1) is 12.4 Å². The number of carbonyl (C=O) groups excluding carboxylic acids is 1. The highest BCUT2D eigenvalue weighted by atomic mass is 35.5. The molecule has 1 amide bonds. The van der Waals surface area contributed by atoms with E-state index in [4.69, 9.17) is 0 Å². The van der Waals surface area contributed by atoms with Crippen molar-refractivity contribution in [1.82, 2.24) is 5.32 Å². The second kappa shape index (κ2) is 10.8. The molecule has 2 atom stereocenters. The van der Waals surface area contributed by atoms with Crippen molar-refractivity contribution in [1.29, 1.82) is 0 Å². The second-order valence-corrected chi connectivity index (χ2v) is 7.32. The van der Waals surface area contributed by atoms with Gasteiger partial charge >= 0.3 is 11.9 Å². The summed E-state index contributed by atoms with van der Waals surface area (Å²) in [6.07, 6.45) is 0.847. The minimum atomic E-state index is -1.14. The Balaban J connectivity index is 0.00000341. The number of carbonyl (C=O) groups is 3. The van der Waals surface area contributed by atoms with Gasteiger partial charge in [-0.1, -0.05) is 42.5 Å². The van der Waals surface area contributed by atoms with Gasteiger partial charge < -0.3 is 15.1 Å². The summed E-state index contributed by atoms with van der Waals surface area (Å²) in [5.74, 6) is -2.64. The van der Waals surface area contributed by atoms with Gasteiger partial charge in [0.15, 0.2) is 0 Å². The number of halogens is 1. The van der Waals surface area contributed by atoms with E-state index in [1.165, 1.54) is 4.90 Å². The second-order valence-electron chi connectivity index (χ2n) is 7.32. The Labute approximate surface area is 186 Å². The molecule has 2 aromatic rings. The SMILES string of the molecule is CN1CC(NC(CCc2ccccc2)C(=O)O)C(=O)N(CC(=O)O)c2ccccc21.Cl. The van der Waals surface area contributed by atoms with Gasteiger partial charge in [0.25, 0.3) is 0 Å². The fourth-order valence-electron chi connectivity index (χ4n) is 3.67. The molecule has 0 radical (unpaired) electrons. The maximum atomic E-state index is 13.2. The molecule has 3 N–H and O–H groups in total. The van der Waals surface area contributed by atoms with Gasteiger partial charge in [-0.3, -0.25) is 24.6 Å². The number of nitrogens with one attached hydrogen (secondary N) is 1. The van der Waals surface area contributed by atoms with Crippen molar-refractivity contribution >= 4 is 41.6 Å². The maximum absolute atomic E-state index is 13.2. The summed E-state index contributed by atoms with van der Waals surface area (Å²) in [6, 6.07) is 14.8. The molecule has 0 saturated carbocycles. The number of aliphatic carboxylic acids is 2. The van der Waals surface area contributed by atoms with Crippen LogP contribution >= 0.6 is 12.4 Å². The van der Waals surface area contributed by atoms with E-state index in [1.54, 1.807) is 19.2 Å². The van der Waals surface area contributed by atoms with Crippen molar-refractivity contribution in [2.24, 2.45) is 0 Å². The Hall–Kier alpha value is -3.10. The van der Waals surface area contributed by atoms with Crippen LogP contribution in [0, 0.1) is 0 Å². The summed E-state index contributed by atoms with van der Waals surface area (Å²) >= 11 is 0. The first kappa shape index (κ1) is 24.2. The molecule has 9 heteroatoms. The zero-order valence-electron chi connectivity index (χ0n) is 17.1. The average molecular weight is 448 g/mol. The van der Waals surface area contributed by atoms with Gasteiger partial charge in [-0.25, -0.2) is 0 Å². The third kappa shape index (κ3) is 5.96. The number of hydrogen-bond donors (Lipinski definition) is 3. The fraction of sp³-hybridized carbons (Fsp3) is 0.318. The number of carboxylic acids is 2. The van der Waals surface area contributed by atoms with Crippen LogP contribution in [0.2, 0.25) is 0 Å². The molecule has 0 fully saturated rings. The van der Waals surface area contributed by atoms with E-state index < -0.39 is 36.5 Å². The molecule has 0 saturated heterocycles. The summed E-state index contributed by atoms with van der Waals surface area (Å²) in [6.45, 7) is -0.273. The Morgan fingerprint density at radius 1 is 1.06 bits per heavy atom. The number of likely N-dealkylation sites (N-methyl/N-ethyl adjacent to an activating group) is 1. The first-order chi connectivity index (χ1) is 14.4. The smallest absolute Gasteiger partial charge is 0.323 e. The van der Waals surface area contributed by atoms with Gasteiger partial charge in [0.05, 0.1) is 11.4 Å². The Kier molecular flexibility index (Phi) is 8.41.